The molecule has 162 valence electrons. The van der Waals surface area contributed by atoms with Crippen molar-refractivity contribution >= 4 is 10.1 Å². The first-order valence-electron chi connectivity index (χ1n) is 10.0. The summed E-state index contributed by atoms with van der Waals surface area (Å²) in [6.07, 6.45) is 0.0459. The molecule has 3 aliphatic carbocycles. The summed E-state index contributed by atoms with van der Waals surface area (Å²) in [5, 5.41) is 0. The second-order valence-corrected chi connectivity index (χ2v) is 10.2. The number of pyridine rings is 1. The molecule has 8 heteroatoms. The van der Waals surface area contributed by atoms with E-state index in [0.717, 1.165) is 17.8 Å². The van der Waals surface area contributed by atoms with Crippen LogP contribution < -0.4 is 0 Å². The van der Waals surface area contributed by atoms with E-state index in [2.05, 4.69) is 4.98 Å². The van der Waals surface area contributed by atoms with Gasteiger partial charge < -0.3 is 0 Å². The van der Waals surface area contributed by atoms with Crippen molar-refractivity contribution in [1.82, 2.24) is 4.98 Å². The summed E-state index contributed by atoms with van der Waals surface area (Å²) in [6, 6.07) is 7.70. The summed E-state index contributed by atoms with van der Waals surface area (Å²) in [5.41, 5.74) is 0.477. The van der Waals surface area contributed by atoms with Crippen LogP contribution in [0.5, 0.6) is 0 Å². The predicted molar refractivity (Wildman–Crippen MR) is 106 cm³/mol. The molecule has 0 atom stereocenters. The van der Waals surface area contributed by atoms with Gasteiger partial charge in [-0.25, -0.2) is 0 Å². The monoisotopic (exact) mass is 439 g/mol. The number of alkyl halides is 3. The van der Waals surface area contributed by atoms with E-state index in [0.29, 0.717) is 49.8 Å². The van der Waals surface area contributed by atoms with E-state index in [-0.39, 0.29) is 10.3 Å². The van der Waals surface area contributed by atoms with Gasteiger partial charge in [0, 0.05) is 17.3 Å². The van der Waals surface area contributed by atoms with E-state index in [1.807, 2.05) is 13.0 Å². The average molecular weight is 439 g/mol. The third-order valence-corrected chi connectivity index (χ3v) is 8.27. The summed E-state index contributed by atoms with van der Waals surface area (Å²) in [5.74, 6) is 0. The highest BCUT2D eigenvalue weighted by Crippen LogP contribution is 2.55. The lowest BCUT2D eigenvalue weighted by Gasteiger charge is -2.52. The number of benzene rings is 1. The molecule has 0 aliphatic heterocycles. The smallest absolute Gasteiger partial charge is 0.260 e. The van der Waals surface area contributed by atoms with Crippen molar-refractivity contribution in [3.63, 3.8) is 0 Å². The van der Waals surface area contributed by atoms with E-state index in [4.69, 9.17) is 4.18 Å². The molecule has 3 aliphatic rings. The number of halogens is 3. The van der Waals surface area contributed by atoms with Crippen molar-refractivity contribution in [2.24, 2.45) is 0 Å². The molecular formula is C22H24F3NO3S. The molecule has 0 unspecified atom stereocenters. The number of aryl methyl sites for hydroxylation is 2. The van der Waals surface area contributed by atoms with Crippen LogP contribution in [0, 0.1) is 13.8 Å². The first kappa shape index (κ1) is 21.3. The Morgan fingerprint density at radius 1 is 0.967 bits per heavy atom. The average Bonchev–Trinajstić information content (AvgIpc) is 2.68. The van der Waals surface area contributed by atoms with Gasteiger partial charge in [0.05, 0.1) is 16.1 Å². The molecule has 3 fully saturated rings. The second-order valence-electron chi connectivity index (χ2n) is 8.70. The maximum Gasteiger partial charge on any atom is 0.417 e. The van der Waals surface area contributed by atoms with Gasteiger partial charge in [-0.15, -0.1) is 0 Å². The van der Waals surface area contributed by atoms with Crippen molar-refractivity contribution < 1.29 is 25.8 Å². The number of aromatic nitrogens is 1. The van der Waals surface area contributed by atoms with E-state index in [1.165, 1.54) is 6.07 Å². The van der Waals surface area contributed by atoms with Crippen molar-refractivity contribution in [3.05, 3.63) is 58.9 Å². The molecule has 0 amide bonds. The number of hydrogen-bond acceptors (Lipinski definition) is 4. The molecule has 0 saturated heterocycles. The number of fused-ring (bicyclic) bond motifs is 3. The Hall–Kier alpha value is -1.93. The normalized spacial score (nSPS) is 26.7. The van der Waals surface area contributed by atoms with Crippen LogP contribution in [0.4, 0.5) is 13.2 Å². The quantitative estimate of drug-likeness (QED) is 0.593. The second kappa shape index (κ2) is 7.05. The SMILES string of the molecule is Cc1ccc(S(=O)(=O)OC23CCC(c4ccc(C(F)(F)F)cn4)(CC2)CC3)c(C)c1. The Morgan fingerprint density at radius 2 is 1.60 bits per heavy atom. The van der Waals surface area contributed by atoms with E-state index >= 15 is 0 Å². The van der Waals surface area contributed by atoms with Gasteiger partial charge in [0.25, 0.3) is 10.1 Å². The largest absolute Gasteiger partial charge is 0.417 e. The summed E-state index contributed by atoms with van der Waals surface area (Å²) in [7, 11) is -3.90. The fourth-order valence-electron chi connectivity index (χ4n) is 4.89. The molecule has 2 bridgehead atoms. The number of rotatable bonds is 4. The van der Waals surface area contributed by atoms with Gasteiger partial charge in [0.2, 0.25) is 0 Å². The molecule has 30 heavy (non-hydrogen) atoms. The van der Waals surface area contributed by atoms with Gasteiger partial charge >= 0.3 is 6.18 Å². The summed E-state index contributed by atoms with van der Waals surface area (Å²) in [4.78, 5) is 4.31. The van der Waals surface area contributed by atoms with Crippen molar-refractivity contribution in [2.75, 3.05) is 0 Å². The zero-order valence-corrected chi connectivity index (χ0v) is 17.7. The van der Waals surface area contributed by atoms with Crippen LogP contribution in [0.2, 0.25) is 0 Å². The minimum Gasteiger partial charge on any atom is -0.260 e. The van der Waals surface area contributed by atoms with Gasteiger partial charge in [-0.1, -0.05) is 17.7 Å². The van der Waals surface area contributed by atoms with Crippen LogP contribution >= 0.6 is 0 Å². The highest BCUT2D eigenvalue weighted by Gasteiger charge is 2.53. The lowest BCUT2D eigenvalue weighted by molar-refractivity contribution is -0.137. The minimum absolute atomic E-state index is 0.189. The van der Waals surface area contributed by atoms with Crippen LogP contribution in [0.3, 0.4) is 0 Å². The topological polar surface area (TPSA) is 56.3 Å². The molecule has 1 aromatic carbocycles. The highest BCUT2D eigenvalue weighted by atomic mass is 32.2. The maximum atomic E-state index is 13.0. The number of nitrogens with zero attached hydrogens (tertiary/aromatic N) is 1. The molecule has 5 rings (SSSR count). The van der Waals surface area contributed by atoms with Crippen LogP contribution in [0.1, 0.15) is 60.9 Å². The van der Waals surface area contributed by atoms with Gasteiger partial charge in [0.15, 0.2) is 0 Å². The first-order valence-corrected chi connectivity index (χ1v) is 11.4. The van der Waals surface area contributed by atoms with Gasteiger partial charge in [-0.2, -0.15) is 21.6 Å². The predicted octanol–water partition coefficient (Wildman–Crippen LogP) is 5.47. The molecule has 4 nitrogen and oxygen atoms in total. The molecule has 0 N–H and O–H groups in total. The third kappa shape index (κ3) is 3.75. The molecule has 3 saturated carbocycles. The van der Waals surface area contributed by atoms with Crippen LogP contribution in [-0.2, 0) is 25.9 Å². The highest BCUT2D eigenvalue weighted by molar-refractivity contribution is 7.86. The maximum absolute atomic E-state index is 13.0. The lowest BCUT2D eigenvalue weighted by atomic mass is 9.57. The molecule has 2 aromatic rings. The number of hydrogen-bond donors (Lipinski definition) is 0. The van der Waals surface area contributed by atoms with Crippen molar-refractivity contribution in [3.8, 4) is 0 Å². The zero-order chi connectivity index (χ0) is 21.8. The Labute approximate surface area is 174 Å². The van der Waals surface area contributed by atoms with Crippen molar-refractivity contribution in [1.29, 1.82) is 0 Å². The fourth-order valence-corrected chi connectivity index (χ4v) is 6.39. The standard InChI is InChI=1S/C22H24F3NO3S/c1-15-3-5-18(16(2)13-15)30(27,28)29-21-10-7-20(8-11-21,9-12-21)19-6-4-17(14-26-19)22(23,24)25/h3-6,13-14H,7-12H2,1-2H3. The molecule has 0 radical (unpaired) electrons. The summed E-state index contributed by atoms with van der Waals surface area (Å²) >= 11 is 0. The zero-order valence-electron chi connectivity index (χ0n) is 16.9. The summed E-state index contributed by atoms with van der Waals surface area (Å²) in [6.45, 7) is 3.66. The van der Waals surface area contributed by atoms with E-state index in [9.17, 15) is 21.6 Å². The molecule has 1 heterocycles. The summed E-state index contributed by atoms with van der Waals surface area (Å²) < 4.78 is 70.2. The van der Waals surface area contributed by atoms with Crippen LogP contribution in [0.15, 0.2) is 41.4 Å². The lowest BCUT2D eigenvalue weighted by Crippen LogP contribution is -2.50. The minimum atomic E-state index is -4.41. The van der Waals surface area contributed by atoms with Gasteiger partial charge in [0.1, 0.15) is 0 Å². The first-order chi connectivity index (χ1) is 13.9. The van der Waals surface area contributed by atoms with Gasteiger partial charge in [-0.3, -0.25) is 9.17 Å². The molecule has 1 aromatic heterocycles. The molecule has 0 spiro atoms. The van der Waals surface area contributed by atoms with Crippen molar-refractivity contribution in [2.45, 2.75) is 74.5 Å². The Morgan fingerprint density at radius 3 is 2.10 bits per heavy atom. The van der Waals surface area contributed by atoms with E-state index < -0.39 is 27.5 Å². The third-order valence-electron chi connectivity index (χ3n) is 6.70. The van der Waals surface area contributed by atoms with Crippen LogP contribution in [0.25, 0.3) is 0 Å². The molecular weight excluding hydrogens is 415 g/mol. The van der Waals surface area contributed by atoms with E-state index in [1.54, 1.807) is 19.1 Å². The van der Waals surface area contributed by atoms with Crippen LogP contribution in [-0.4, -0.2) is 19.0 Å². The Balaban J connectivity index is 1.52. The Kier molecular flexibility index (Phi) is 5.01. The van der Waals surface area contributed by atoms with Gasteiger partial charge in [-0.05, 0) is 76.1 Å². The fraction of sp³-hybridized carbons (Fsp3) is 0.500. The Bertz CT molecular complexity index is 1040.